The largest absolute Gasteiger partial charge is 0.344 e. The highest BCUT2D eigenvalue weighted by molar-refractivity contribution is 7.53. The molecule has 0 spiro atoms. The van der Waals surface area contributed by atoms with E-state index in [2.05, 4.69) is 17.9 Å². The van der Waals surface area contributed by atoms with Crippen molar-refractivity contribution in [1.29, 1.82) is 0 Å². The number of hydrogen-bond acceptors (Lipinski definition) is 4. The summed E-state index contributed by atoms with van der Waals surface area (Å²) >= 11 is 0. The van der Waals surface area contributed by atoms with Crippen LogP contribution in [-0.4, -0.2) is 37.5 Å². The second-order valence-electron chi connectivity index (χ2n) is 3.97. The van der Waals surface area contributed by atoms with E-state index in [0.29, 0.717) is 19.5 Å². The van der Waals surface area contributed by atoms with Crippen LogP contribution in [0.3, 0.4) is 0 Å². The predicted octanol–water partition coefficient (Wildman–Crippen LogP) is 2.86. The molecule has 0 saturated carbocycles. The molecule has 0 aliphatic carbocycles. The van der Waals surface area contributed by atoms with E-state index >= 15 is 0 Å². The van der Waals surface area contributed by atoms with Crippen LogP contribution in [0.4, 0.5) is 0 Å². The average molecular weight is 247 g/mol. The quantitative estimate of drug-likeness (QED) is 0.534. The van der Waals surface area contributed by atoms with Gasteiger partial charge in [-0.05, 0) is 27.2 Å². The van der Waals surface area contributed by atoms with Crippen LogP contribution in [0.2, 0.25) is 0 Å². The lowest BCUT2D eigenvalue weighted by atomic mass is 10.1. The second kappa shape index (κ2) is 6.55. The summed E-state index contributed by atoms with van der Waals surface area (Å²) in [5.41, 5.74) is 1.40. The normalized spacial score (nSPS) is 18.6. The third kappa shape index (κ3) is 4.38. The highest BCUT2D eigenvalue weighted by atomic mass is 31.2. The Morgan fingerprint density at radius 2 is 2.00 bits per heavy atom. The van der Waals surface area contributed by atoms with E-state index in [1.54, 1.807) is 0 Å². The van der Waals surface area contributed by atoms with Gasteiger partial charge in [0, 0.05) is 13.1 Å². The molecule has 0 bridgehead atoms. The first-order chi connectivity index (χ1) is 7.59. The van der Waals surface area contributed by atoms with E-state index in [1.165, 1.54) is 5.57 Å². The zero-order chi connectivity index (χ0) is 12.0. The molecular weight excluding hydrogens is 225 g/mol. The Hall–Kier alpha value is -0.150. The van der Waals surface area contributed by atoms with Crippen LogP contribution < -0.4 is 0 Å². The molecule has 1 aliphatic heterocycles. The lowest BCUT2D eigenvalue weighted by Crippen LogP contribution is -2.30. The van der Waals surface area contributed by atoms with Crippen molar-refractivity contribution < 1.29 is 13.6 Å². The summed E-state index contributed by atoms with van der Waals surface area (Å²) in [6, 6.07) is 0. The van der Waals surface area contributed by atoms with Gasteiger partial charge in [-0.15, -0.1) is 0 Å². The molecule has 0 unspecified atom stereocenters. The van der Waals surface area contributed by atoms with Crippen molar-refractivity contribution in [2.75, 3.05) is 32.6 Å². The molecule has 94 valence electrons. The molecule has 0 atom stereocenters. The Kier molecular flexibility index (Phi) is 5.70. The summed E-state index contributed by atoms with van der Waals surface area (Å²) < 4.78 is 22.8. The molecule has 5 heteroatoms. The van der Waals surface area contributed by atoms with Gasteiger partial charge in [0.1, 0.15) is 6.29 Å². The first kappa shape index (κ1) is 13.9. The van der Waals surface area contributed by atoms with E-state index in [1.807, 2.05) is 13.8 Å². The Morgan fingerprint density at radius 3 is 2.44 bits per heavy atom. The summed E-state index contributed by atoms with van der Waals surface area (Å²) in [4.78, 5) is 2.12. The SMILES string of the molecule is CCOP(=O)(CN1CC=C(C)CC1)OCC. The van der Waals surface area contributed by atoms with Crippen LogP contribution in [0, 0.1) is 0 Å². The molecule has 0 fully saturated rings. The van der Waals surface area contributed by atoms with Crippen LogP contribution in [-0.2, 0) is 13.6 Å². The fourth-order valence-electron chi connectivity index (χ4n) is 1.70. The van der Waals surface area contributed by atoms with Crippen molar-refractivity contribution in [3.05, 3.63) is 11.6 Å². The minimum Gasteiger partial charge on any atom is -0.308 e. The Labute approximate surface area is 98.1 Å². The van der Waals surface area contributed by atoms with Crippen LogP contribution >= 0.6 is 7.60 Å². The molecule has 0 radical (unpaired) electrons. The number of rotatable bonds is 6. The van der Waals surface area contributed by atoms with Crippen LogP contribution in [0.25, 0.3) is 0 Å². The lowest BCUT2D eigenvalue weighted by Gasteiger charge is -2.28. The molecule has 1 heterocycles. The molecule has 0 saturated heterocycles. The van der Waals surface area contributed by atoms with E-state index < -0.39 is 7.60 Å². The molecule has 0 aromatic rings. The Bertz CT molecular complexity index is 281. The van der Waals surface area contributed by atoms with E-state index in [4.69, 9.17) is 9.05 Å². The van der Waals surface area contributed by atoms with Gasteiger partial charge in [-0.1, -0.05) is 11.6 Å². The molecule has 1 rings (SSSR count). The maximum atomic E-state index is 12.3. The third-order valence-corrected chi connectivity index (χ3v) is 4.59. The van der Waals surface area contributed by atoms with E-state index in [-0.39, 0.29) is 0 Å². The van der Waals surface area contributed by atoms with Gasteiger partial charge in [0.15, 0.2) is 0 Å². The first-order valence-corrected chi connectivity index (χ1v) is 7.58. The molecule has 4 nitrogen and oxygen atoms in total. The summed E-state index contributed by atoms with van der Waals surface area (Å²) in [6.07, 6.45) is 3.61. The third-order valence-electron chi connectivity index (χ3n) is 2.55. The van der Waals surface area contributed by atoms with E-state index in [0.717, 1.165) is 19.5 Å². The minimum absolute atomic E-state index is 0.401. The maximum absolute atomic E-state index is 12.3. The molecule has 0 aromatic carbocycles. The summed E-state index contributed by atoms with van der Waals surface area (Å²) in [5, 5.41) is 0. The Morgan fingerprint density at radius 1 is 1.38 bits per heavy atom. The predicted molar refractivity (Wildman–Crippen MR) is 65.7 cm³/mol. The highest BCUT2D eigenvalue weighted by Crippen LogP contribution is 2.48. The van der Waals surface area contributed by atoms with Gasteiger partial charge in [-0.25, -0.2) is 0 Å². The maximum Gasteiger partial charge on any atom is 0.344 e. The van der Waals surface area contributed by atoms with Gasteiger partial charge in [0.2, 0.25) is 0 Å². The topological polar surface area (TPSA) is 38.8 Å². The summed E-state index contributed by atoms with van der Waals surface area (Å²) in [7, 11) is -2.91. The number of hydrogen-bond donors (Lipinski definition) is 0. The van der Waals surface area contributed by atoms with E-state index in [9.17, 15) is 4.57 Å². The van der Waals surface area contributed by atoms with Gasteiger partial charge in [0.05, 0.1) is 13.2 Å². The zero-order valence-corrected chi connectivity index (χ0v) is 11.3. The fraction of sp³-hybridized carbons (Fsp3) is 0.818. The summed E-state index contributed by atoms with van der Waals surface area (Å²) in [5.74, 6) is 0. The monoisotopic (exact) mass is 247 g/mol. The van der Waals surface area contributed by atoms with Crippen molar-refractivity contribution >= 4 is 7.60 Å². The van der Waals surface area contributed by atoms with Crippen molar-refractivity contribution in [3.8, 4) is 0 Å². The van der Waals surface area contributed by atoms with Crippen LogP contribution in [0.15, 0.2) is 11.6 Å². The van der Waals surface area contributed by atoms with Crippen molar-refractivity contribution in [3.63, 3.8) is 0 Å². The fourth-order valence-corrected chi connectivity index (χ4v) is 3.47. The lowest BCUT2D eigenvalue weighted by molar-refractivity contribution is 0.198. The number of nitrogens with zero attached hydrogens (tertiary/aromatic N) is 1. The van der Waals surface area contributed by atoms with Crippen LogP contribution in [0.1, 0.15) is 27.2 Å². The molecule has 0 aromatic heterocycles. The second-order valence-corrected chi connectivity index (χ2v) is 5.99. The van der Waals surface area contributed by atoms with Gasteiger partial charge < -0.3 is 9.05 Å². The average Bonchev–Trinajstić information content (AvgIpc) is 2.22. The molecule has 16 heavy (non-hydrogen) atoms. The smallest absolute Gasteiger partial charge is 0.308 e. The van der Waals surface area contributed by atoms with Crippen molar-refractivity contribution in [2.45, 2.75) is 27.2 Å². The van der Waals surface area contributed by atoms with Gasteiger partial charge in [-0.3, -0.25) is 9.46 Å². The first-order valence-electron chi connectivity index (χ1n) is 5.85. The van der Waals surface area contributed by atoms with Crippen molar-refractivity contribution in [2.24, 2.45) is 0 Å². The standard InChI is InChI=1S/C11H22NO3P/c1-4-14-16(13,15-5-2)10-12-8-6-11(3)7-9-12/h6H,4-5,7-10H2,1-3H3. The van der Waals surface area contributed by atoms with Gasteiger partial charge in [0.25, 0.3) is 0 Å². The Balaban J connectivity index is 2.52. The van der Waals surface area contributed by atoms with Crippen LogP contribution in [0.5, 0.6) is 0 Å². The molecule has 1 aliphatic rings. The minimum atomic E-state index is -2.91. The highest BCUT2D eigenvalue weighted by Gasteiger charge is 2.27. The molecule has 0 N–H and O–H groups in total. The molecule has 0 amide bonds. The van der Waals surface area contributed by atoms with Gasteiger partial charge >= 0.3 is 7.60 Å². The zero-order valence-electron chi connectivity index (χ0n) is 10.4. The molecular formula is C11H22NO3P. The summed E-state index contributed by atoms with van der Waals surface area (Å²) in [6.45, 7) is 8.45. The van der Waals surface area contributed by atoms with Crippen molar-refractivity contribution in [1.82, 2.24) is 4.90 Å². The van der Waals surface area contributed by atoms with Gasteiger partial charge in [-0.2, -0.15) is 0 Å².